The largest absolute Gasteiger partial charge is 0.454 e. The monoisotopic (exact) mass is 297 g/mol. The molecule has 0 atom stereocenters. The van der Waals surface area contributed by atoms with Gasteiger partial charge in [-0.05, 0) is 24.3 Å². The smallest absolute Gasteiger partial charge is 0.284 e. The molecular formula is C14H11N5O3. The van der Waals surface area contributed by atoms with Gasteiger partial charge < -0.3 is 15.5 Å². The first kappa shape index (κ1) is 13.7. The Hall–Kier alpha value is -3.29. The number of pyridine rings is 1. The van der Waals surface area contributed by atoms with Crippen molar-refractivity contribution < 1.29 is 14.0 Å². The van der Waals surface area contributed by atoms with Crippen molar-refractivity contribution in [3.05, 3.63) is 53.9 Å². The highest BCUT2D eigenvalue weighted by Gasteiger charge is 2.11. The average Bonchev–Trinajstić information content (AvgIpc) is 3.01. The van der Waals surface area contributed by atoms with E-state index in [2.05, 4.69) is 20.3 Å². The van der Waals surface area contributed by atoms with E-state index < -0.39 is 5.91 Å². The van der Waals surface area contributed by atoms with Crippen molar-refractivity contribution in [2.75, 3.05) is 0 Å². The molecule has 8 nitrogen and oxygen atoms in total. The normalized spacial score (nSPS) is 10.5. The Bertz CT molecular complexity index is 858. The Morgan fingerprint density at radius 3 is 2.73 bits per heavy atom. The van der Waals surface area contributed by atoms with Gasteiger partial charge in [0, 0.05) is 12.4 Å². The van der Waals surface area contributed by atoms with Gasteiger partial charge in [-0.25, -0.2) is 9.97 Å². The molecule has 3 aromatic heterocycles. The van der Waals surface area contributed by atoms with Crippen molar-refractivity contribution in [3.63, 3.8) is 0 Å². The maximum atomic E-state index is 12.0. The summed E-state index contributed by atoms with van der Waals surface area (Å²) in [5.41, 5.74) is 6.30. The molecule has 22 heavy (non-hydrogen) atoms. The molecule has 3 N–H and O–H groups in total. The zero-order valence-electron chi connectivity index (χ0n) is 11.3. The molecule has 0 aliphatic rings. The van der Waals surface area contributed by atoms with Crippen LogP contribution in [0.15, 0.2) is 41.1 Å². The molecule has 3 rings (SSSR count). The van der Waals surface area contributed by atoms with Crippen LogP contribution < -0.4 is 11.1 Å². The molecule has 0 radical (unpaired) electrons. The quantitative estimate of drug-likeness (QED) is 0.728. The van der Waals surface area contributed by atoms with Crippen molar-refractivity contribution in [2.24, 2.45) is 5.73 Å². The van der Waals surface area contributed by atoms with E-state index in [1.807, 2.05) is 0 Å². The van der Waals surface area contributed by atoms with E-state index in [0.717, 1.165) is 0 Å². The Morgan fingerprint density at radius 1 is 1.14 bits per heavy atom. The van der Waals surface area contributed by atoms with Crippen molar-refractivity contribution in [1.29, 1.82) is 0 Å². The van der Waals surface area contributed by atoms with Crippen LogP contribution in [-0.4, -0.2) is 26.8 Å². The summed E-state index contributed by atoms with van der Waals surface area (Å²) in [7, 11) is 0. The number of primary amides is 1. The summed E-state index contributed by atoms with van der Waals surface area (Å²) in [6.07, 6.45) is 3.06. The van der Waals surface area contributed by atoms with E-state index >= 15 is 0 Å². The van der Waals surface area contributed by atoms with Crippen molar-refractivity contribution in [1.82, 2.24) is 20.3 Å². The fourth-order valence-electron chi connectivity index (χ4n) is 1.84. The third-order valence-corrected chi connectivity index (χ3v) is 2.89. The molecule has 3 heterocycles. The van der Waals surface area contributed by atoms with E-state index in [9.17, 15) is 9.59 Å². The first-order chi connectivity index (χ1) is 10.6. The molecule has 0 saturated carbocycles. The lowest BCUT2D eigenvalue weighted by molar-refractivity contribution is 0.0943. The number of amides is 2. The van der Waals surface area contributed by atoms with E-state index in [4.69, 9.17) is 10.2 Å². The van der Waals surface area contributed by atoms with E-state index in [1.165, 1.54) is 12.3 Å². The average molecular weight is 297 g/mol. The van der Waals surface area contributed by atoms with Crippen LogP contribution in [0.5, 0.6) is 0 Å². The standard InChI is InChI=1S/C14H11N5O3/c15-12(20)11-4-1-8(22-11)7-18-14(21)10-3-2-9-13(19-10)17-6-5-16-9/h1-6H,7H2,(H2,15,20)(H,18,21). The Kier molecular flexibility index (Phi) is 3.48. The lowest BCUT2D eigenvalue weighted by Crippen LogP contribution is -2.23. The first-order valence-corrected chi connectivity index (χ1v) is 6.38. The molecule has 0 aliphatic carbocycles. The Balaban J connectivity index is 1.71. The summed E-state index contributed by atoms with van der Waals surface area (Å²) in [5, 5.41) is 2.64. The second kappa shape index (κ2) is 5.60. The van der Waals surface area contributed by atoms with Gasteiger partial charge in [-0.15, -0.1) is 0 Å². The molecule has 3 aromatic rings. The number of nitrogens with two attached hydrogens (primary N) is 1. The second-order valence-electron chi connectivity index (χ2n) is 4.41. The van der Waals surface area contributed by atoms with Gasteiger partial charge in [0.25, 0.3) is 11.8 Å². The van der Waals surface area contributed by atoms with Crippen LogP contribution in [0.1, 0.15) is 26.8 Å². The predicted molar refractivity (Wildman–Crippen MR) is 75.7 cm³/mol. The van der Waals surface area contributed by atoms with Gasteiger partial charge in [0.1, 0.15) is 17.0 Å². The second-order valence-corrected chi connectivity index (χ2v) is 4.41. The van der Waals surface area contributed by atoms with Crippen LogP contribution in [0.25, 0.3) is 11.2 Å². The van der Waals surface area contributed by atoms with E-state index in [0.29, 0.717) is 16.9 Å². The van der Waals surface area contributed by atoms with Crippen LogP contribution in [0.4, 0.5) is 0 Å². The van der Waals surface area contributed by atoms with Gasteiger partial charge >= 0.3 is 0 Å². The summed E-state index contributed by atoms with van der Waals surface area (Å²) < 4.78 is 5.17. The number of nitrogens with one attached hydrogen (secondary N) is 1. The van der Waals surface area contributed by atoms with Crippen molar-refractivity contribution in [3.8, 4) is 0 Å². The minimum absolute atomic E-state index is 0.0448. The summed E-state index contributed by atoms with van der Waals surface area (Å²) in [6, 6.07) is 6.25. The molecule has 2 amide bonds. The summed E-state index contributed by atoms with van der Waals surface area (Å²) in [4.78, 5) is 35.2. The van der Waals surface area contributed by atoms with E-state index in [-0.39, 0.29) is 23.9 Å². The molecule has 0 fully saturated rings. The molecule has 0 aromatic carbocycles. The van der Waals surface area contributed by atoms with Crippen LogP contribution in [-0.2, 0) is 6.54 Å². The topological polar surface area (TPSA) is 124 Å². The van der Waals surface area contributed by atoms with Gasteiger partial charge in [0.2, 0.25) is 0 Å². The molecule has 0 unspecified atom stereocenters. The molecule has 110 valence electrons. The SMILES string of the molecule is NC(=O)c1ccc(CNC(=O)c2ccc3nccnc3n2)o1. The van der Waals surface area contributed by atoms with Crippen molar-refractivity contribution >= 4 is 23.0 Å². The van der Waals surface area contributed by atoms with Gasteiger partial charge in [0.05, 0.1) is 6.54 Å². The number of hydrogen-bond donors (Lipinski definition) is 2. The summed E-state index contributed by atoms with van der Waals surface area (Å²) in [5.74, 6) is -0.581. The highest BCUT2D eigenvalue weighted by Crippen LogP contribution is 2.08. The highest BCUT2D eigenvalue weighted by atomic mass is 16.4. The first-order valence-electron chi connectivity index (χ1n) is 6.38. The minimum atomic E-state index is -0.660. The lowest BCUT2D eigenvalue weighted by Gasteiger charge is -2.03. The van der Waals surface area contributed by atoms with Crippen LogP contribution in [0, 0.1) is 0 Å². The maximum Gasteiger partial charge on any atom is 0.284 e. The fourth-order valence-corrected chi connectivity index (χ4v) is 1.84. The number of aromatic nitrogens is 3. The molecule has 0 spiro atoms. The highest BCUT2D eigenvalue weighted by molar-refractivity contribution is 5.94. The van der Waals surface area contributed by atoms with Crippen LogP contribution in [0.3, 0.4) is 0 Å². The molecule has 0 aliphatic heterocycles. The van der Waals surface area contributed by atoms with Gasteiger partial charge in [-0.1, -0.05) is 0 Å². The zero-order valence-corrected chi connectivity index (χ0v) is 11.3. The number of fused-ring (bicyclic) bond motifs is 1. The number of carbonyl (C=O) groups is 2. The minimum Gasteiger partial charge on any atom is -0.454 e. The van der Waals surface area contributed by atoms with E-state index in [1.54, 1.807) is 24.4 Å². The van der Waals surface area contributed by atoms with Crippen molar-refractivity contribution in [2.45, 2.75) is 6.54 Å². The third-order valence-electron chi connectivity index (χ3n) is 2.89. The fraction of sp³-hybridized carbons (Fsp3) is 0.0714. The van der Waals surface area contributed by atoms with Gasteiger partial charge in [-0.3, -0.25) is 14.6 Å². The Morgan fingerprint density at radius 2 is 1.95 bits per heavy atom. The summed E-state index contributed by atoms with van der Waals surface area (Å²) in [6.45, 7) is 0.117. The third kappa shape index (κ3) is 2.75. The number of hydrogen-bond acceptors (Lipinski definition) is 6. The number of furan rings is 1. The molecular weight excluding hydrogens is 286 g/mol. The van der Waals surface area contributed by atoms with Crippen LogP contribution in [0.2, 0.25) is 0 Å². The molecule has 0 bridgehead atoms. The zero-order chi connectivity index (χ0) is 15.5. The number of carbonyl (C=O) groups excluding carboxylic acids is 2. The lowest BCUT2D eigenvalue weighted by atomic mass is 10.3. The number of nitrogens with zero attached hydrogens (tertiary/aromatic N) is 3. The molecule has 8 heteroatoms. The Labute approximate surface area is 124 Å². The van der Waals surface area contributed by atoms with Gasteiger partial charge in [-0.2, -0.15) is 0 Å². The predicted octanol–water partition coefficient (Wildman–Crippen LogP) is 0.647. The maximum absolute atomic E-state index is 12.0. The molecule has 0 saturated heterocycles. The van der Waals surface area contributed by atoms with Crippen LogP contribution >= 0.6 is 0 Å². The summed E-state index contributed by atoms with van der Waals surface area (Å²) >= 11 is 0. The number of rotatable bonds is 4. The van der Waals surface area contributed by atoms with Gasteiger partial charge in [0.15, 0.2) is 11.4 Å².